The first-order valence-electron chi connectivity index (χ1n) is 4.79. The van der Waals surface area contributed by atoms with Crippen LogP contribution in [0.1, 0.15) is 5.56 Å². The summed E-state index contributed by atoms with van der Waals surface area (Å²) in [5.74, 6) is -1.66. The van der Waals surface area contributed by atoms with E-state index in [0.717, 1.165) is 0 Å². The van der Waals surface area contributed by atoms with Gasteiger partial charge in [0.2, 0.25) is 0 Å². The van der Waals surface area contributed by atoms with E-state index in [4.69, 9.17) is 15.0 Å². The summed E-state index contributed by atoms with van der Waals surface area (Å²) in [4.78, 5) is 2.50. The highest BCUT2D eigenvalue weighted by atomic mass is 19.1. The molecule has 0 radical (unpaired) electrons. The fourth-order valence-corrected chi connectivity index (χ4v) is 1.15. The number of methoxy groups -OCH3 is 1. The normalized spacial score (nSPS) is 9.82. The summed E-state index contributed by atoms with van der Waals surface area (Å²) < 4.78 is 36.3. The highest BCUT2D eigenvalue weighted by molar-refractivity contribution is 5.31. The van der Waals surface area contributed by atoms with Gasteiger partial charge in [-0.15, -0.1) is 0 Å². The van der Waals surface area contributed by atoms with E-state index in [-0.39, 0.29) is 24.5 Å². The molecule has 0 aliphatic rings. The molecule has 1 aromatic rings. The summed E-state index contributed by atoms with van der Waals surface area (Å²) in [5.41, 5.74) is 8.21. The Hall–Kier alpha value is -1.85. The lowest BCUT2D eigenvalue weighted by Crippen LogP contribution is -2.06. The predicted octanol–water partition coefficient (Wildman–Crippen LogP) is 2.80. The second-order valence-electron chi connectivity index (χ2n) is 3.10. The van der Waals surface area contributed by atoms with Crippen LogP contribution in [0.3, 0.4) is 0 Å². The molecular weight excluding hydrogens is 232 g/mol. The fraction of sp³-hybridized carbons (Fsp3) is 0.400. The van der Waals surface area contributed by atoms with Gasteiger partial charge in [-0.1, -0.05) is 5.11 Å². The number of ether oxygens (including phenoxy) is 2. The van der Waals surface area contributed by atoms with Crippen molar-refractivity contribution in [3.63, 3.8) is 0 Å². The standard InChI is InChI=1S/C10H11F2N3O2/c1-16-2-3-17-10-4-7(6-14-15-13)8(11)5-9(10)12/h4-5H,2-3,6H2,1H3. The third-order valence-electron chi connectivity index (χ3n) is 1.95. The topological polar surface area (TPSA) is 67.2 Å². The van der Waals surface area contributed by atoms with E-state index in [1.165, 1.54) is 13.2 Å². The van der Waals surface area contributed by atoms with E-state index in [0.29, 0.717) is 12.7 Å². The van der Waals surface area contributed by atoms with E-state index in [1.807, 2.05) is 0 Å². The maximum Gasteiger partial charge on any atom is 0.167 e. The van der Waals surface area contributed by atoms with E-state index in [9.17, 15) is 8.78 Å². The Morgan fingerprint density at radius 2 is 2.06 bits per heavy atom. The van der Waals surface area contributed by atoms with Crippen LogP contribution in [0.4, 0.5) is 8.78 Å². The van der Waals surface area contributed by atoms with Crippen LogP contribution < -0.4 is 4.74 Å². The molecule has 0 spiro atoms. The zero-order valence-corrected chi connectivity index (χ0v) is 9.19. The monoisotopic (exact) mass is 243 g/mol. The van der Waals surface area contributed by atoms with Crippen molar-refractivity contribution in [1.29, 1.82) is 0 Å². The van der Waals surface area contributed by atoms with Gasteiger partial charge in [0.05, 0.1) is 13.2 Å². The molecule has 0 amide bonds. The molecule has 1 rings (SSSR count). The van der Waals surface area contributed by atoms with Crippen molar-refractivity contribution in [1.82, 2.24) is 0 Å². The number of rotatable bonds is 6. The average Bonchev–Trinajstić information content (AvgIpc) is 2.31. The molecule has 92 valence electrons. The Morgan fingerprint density at radius 1 is 1.29 bits per heavy atom. The van der Waals surface area contributed by atoms with Crippen molar-refractivity contribution in [2.24, 2.45) is 5.11 Å². The number of nitrogens with zero attached hydrogens (tertiary/aromatic N) is 3. The minimum atomic E-state index is -0.803. The van der Waals surface area contributed by atoms with Gasteiger partial charge in [0.25, 0.3) is 0 Å². The summed E-state index contributed by atoms with van der Waals surface area (Å²) in [5, 5.41) is 3.21. The Labute approximate surface area is 96.6 Å². The molecule has 0 aliphatic carbocycles. The van der Waals surface area contributed by atoms with E-state index in [1.54, 1.807) is 0 Å². The predicted molar refractivity (Wildman–Crippen MR) is 56.6 cm³/mol. The lowest BCUT2D eigenvalue weighted by Gasteiger charge is -2.08. The van der Waals surface area contributed by atoms with Gasteiger partial charge < -0.3 is 9.47 Å². The maximum absolute atomic E-state index is 13.3. The number of hydrogen-bond acceptors (Lipinski definition) is 3. The Kier molecular flexibility index (Phi) is 5.19. The van der Waals surface area contributed by atoms with Crippen molar-refractivity contribution in [3.05, 3.63) is 39.8 Å². The van der Waals surface area contributed by atoms with Gasteiger partial charge in [0.15, 0.2) is 11.6 Å². The molecule has 0 saturated heterocycles. The average molecular weight is 243 g/mol. The second kappa shape index (κ2) is 6.67. The minimum Gasteiger partial charge on any atom is -0.488 e. The smallest absolute Gasteiger partial charge is 0.167 e. The van der Waals surface area contributed by atoms with Crippen LogP contribution in [-0.2, 0) is 11.3 Å². The molecule has 0 heterocycles. The van der Waals surface area contributed by atoms with Gasteiger partial charge in [0.1, 0.15) is 12.4 Å². The Bertz CT molecular complexity index is 434. The van der Waals surface area contributed by atoms with Crippen molar-refractivity contribution in [2.75, 3.05) is 20.3 Å². The van der Waals surface area contributed by atoms with Crippen molar-refractivity contribution in [3.8, 4) is 5.75 Å². The molecular formula is C10H11F2N3O2. The van der Waals surface area contributed by atoms with Crippen molar-refractivity contribution in [2.45, 2.75) is 6.54 Å². The molecule has 0 N–H and O–H groups in total. The summed E-state index contributed by atoms with van der Waals surface area (Å²) in [7, 11) is 1.48. The first-order valence-corrected chi connectivity index (χ1v) is 4.79. The molecule has 5 nitrogen and oxygen atoms in total. The molecule has 0 saturated carbocycles. The van der Waals surface area contributed by atoms with Crippen molar-refractivity contribution >= 4 is 0 Å². The van der Waals surface area contributed by atoms with Gasteiger partial charge >= 0.3 is 0 Å². The quantitative estimate of drug-likeness (QED) is 0.333. The van der Waals surface area contributed by atoms with Crippen LogP contribution >= 0.6 is 0 Å². The van der Waals surface area contributed by atoms with Gasteiger partial charge in [-0.3, -0.25) is 0 Å². The van der Waals surface area contributed by atoms with Crippen LogP contribution in [0.5, 0.6) is 5.75 Å². The van der Waals surface area contributed by atoms with E-state index < -0.39 is 11.6 Å². The number of hydrogen-bond donors (Lipinski definition) is 0. The van der Waals surface area contributed by atoms with E-state index in [2.05, 4.69) is 10.0 Å². The molecule has 1 aromatic carbocycles. The third-order valence-corrected chi connectivity index (χ3v) is 1.95. The lowest BCUT2D eigenvalue weighted by molar-refractivity contribution is 0.143. The molecule has 0 unspecified atom stereocenters. The summed E-state index contributed by atoms with van der Waals surface area (Å²) in [6.45, 7) is 0.256. The van der Waals surface area contributed by atoms with Crippen LogP contribution in [0.2, 0.25) is 0 Å². The fourth-order valence-electron chi connectivity index (χ4n) is 1.15. The SMILES string of the molecule is COCCOc1cc(CN=[N+]=[N-])c(F)cc1F. The first-order chi connectivity index (χ1) is 8.19. The number of benzene rings is 1. The number of azide groups is 1. The molecule has 17 heavy (non-hydrogen) atoms. The minimum absolute atomic E-state index is 0.0802. The zero-order chi connectivity index (χ0) is 12.7. The van der Waals surface area contributed by atoms with Gasteiger partial charge in [-0.2, -0.15) is 0 Å². The summed E-state index contributed by atoms with van der Waals surface area (Å²) in [6, 6.07) is 1.87. The molecule has 0 aliphatic heterocycles. The van der Waals surface area contributed by atoms with Crippen LogP contribution in [0, 0.1) is 11.6 Å². The summed E-state index contributed by atoms with van der Waals surface area (Å²) >= 11 is 0. The largest absolute Gasteiger partial charge is 0.488 e. The van der Waals surface area contributed by atoms with E-state index >= 15 is 0 Å². The van der Waals surface area contributed by atoms with Gasteiger partial charge in [0, 0.05) is 18.1 Å². The molecule has 0 fully saturated rings. The van der Waals surface area contributed by atoms with Gasteiger partial charge in [-0.05, 0) is 17.2 Å². The molecule has 0 bridgehead atoms. The Balaban J connectivity index is 2.85. The number of halogens is 2. The summed E-state index contributed by atoms with van der Waals surface area (Å²) in [6.07, 6.45) is 0. The molecule has 0 aromatic heterocycles. The van der Waals surface area contributed by atoms with Crippen molar-refractivity contribution < 1.29 is 18.3 Å². The second-order valence-corrected chi connectivity index (χ2v) is 3.10. The molecule has 7 heteroatoms. The zero-order valence-electron chi connectivity index (χ0n) is 9.19. The third kappa shape index (κ3) is 3.90. The maximum atomic E-state index is 13.3. The highest BCUT2D eigenvalue weighted by Gasteiger charge is 2.10. The van der Waals surface area contributed by atoms with Crippen LogP contribution in [-0.4, -0.2) is 20.3 Å². The van der Waals surface area contributed by atoms with Gasteiger partial charge in [-0.25, -0.2) is 8.78 Å². The first kappa shape index (κ1) is 13.2. The van der Waals surface area contributed by atoms with Crippen LogP contribution in [0.25, 0.3) is 10.4 Å². The van der Waals surface area contributed by atoms with Crippen LogP contribution in [0.15, 0.2) is 17.2 Å². The Morgan fingerprint density at radius 3 is 2.71 bits per heavy atom. The highest BCUT2D eigenvalue weighted by Crippen LogP contribution is 2.22. The molecule has 0 atom stereocenters. The lowest BCUT2D eigenvalue weighted by atomic mass is 10.2.